The van der Waals surface area contributed by atoms with Gasteiger partial charge < -0.3 is 15.0 Å². The Hall–Kier alpha value is -1.53. The monoisotopic (exact) mass is 256 g/mol. The van der Waals surface area contributed by atoms with E-state index in [9.17, 15) is 13.6 Å². The summed E-state index contributed by atoms with van der Waals surface area (Å²) in [6, 6.07) is 2.99. The number of halogens is 2. The number of carbonyl (C=O) groups excluding carboxylic acids is 1. The van der Waals surface area contributed by atoms with Crippen LogP contribution in [0.5, 0.6) is 0 Å². The smallest absolute Gasteiger partial charge is 0.257 e. The van der Waals surface area contributed by atoms with E-state index in [4.69, 9.17) is 4.74 Å². The number of hydrogen-bond donors (Lipinski definition) is 1. The van der Waals surface area contributed by atoms with Gasteiger partial charge >= 0.3 is 0 Å². The topological polar surface area (TPSA) is 41.6 Å². The molecule has 0 bridgehead atoms. The molecule has 0 radical (unpaired) electrons. The summed E-state index contributed by atoms with van der Waals surface area (Å²) in [6.07, 6.45) is -0.661. The van der Waals surface area contributed by atoms with Gasteiger partial charge in [-0.05, 0) is 12.1 Å². The van der Waals surface area contributed by atoms with Crippen molar-refractivity contribution in [3.05, 3.63) is 29.8 Å². The predicted octanol–water partition coefficient (Wildman–Crippen LogP) is 0.916. The van der Waals surface area contributed by atoms with E-state index in [1.807, 2.05) is 0 Å². The summed E-state index contributed by atoms with van der Waals surface area (Å²) in [5.41, 5.74) is -0.0887. The summed E-state index contributed by atoms with van der Waals surface area (Å²) in [5, 5.41) is 3.01. The average molecular weight is 256 g/mol. The number of nitrogens with one attached hydrogen (secondary N) is 1. The second kappa shape index (κ2) is 5.41. The highest BCUT2D eigenvalue weighted by Crippen LogP contribution is 2.20. The first-order valence-electron chi connectivity index (χ1n) is 5.64. The highest BCUT2D eigenvalue weighted by atomic mass is 19.1. The van der Waals surface area contributed by atoms with Crippen LogP contribution in [-0.4, -0.2) is 38.8 Å². The summed E-state index contributed by atoms with van der Waals surface area (Å²) in [4.78, 5) is 13.1. The van der Waals surface area contributed by atoms with Gasteiger partial charge in [-0.2, -0.15) is 0 Å². The van der Waals surface area contributed by atoms with Gasteiger partial charge in [0.2, 0.25) is 0 Å². The molecule has 6 heteroatoms. The Labute approximate surface area is 104 Å². The number of ether oxygens (including phenoxy) is 1. The molecule has 4 nitrogen and oxygen atoms in total. The third kappa shape index (κ3) is 2.65. The molecule has 1 heterocycles. The Kier molecular flexibility index (Phi) is 3.88. The quantitative estimate of drug-likeness (QED) is 0.855. The van der Waals surface area contributed by atoms with Crippen LogP contribution in [0.25, 0.3) is 0 Å². The number of anilines is 1. The molecule has 1 aromatic rings. The Balaban J connectivity index is 2.16. The lowest BCUT2D eigenvalue weighted by atomic mass is 10.2. The van der Waals surface area contributed by atoms with Crippen molar-refractivity contribution >= 4 is 11.6 Å². The molecule has 1 aliphatic heterocycles. The molecule has 18 heavy (non-hydrogen) atoms. The molecule has 1 aromatic carbocycles. The van der Waals surface area contributed by atoms with E-state index < -0.39 is 23.6 Å². The third-order valence-corrected chi connectivity index (χ3v) is 2.80. The number of carbonyl (C=O) groups is 1. The van der Waals surface area contributed by atoms with Gasteiger partial charge in [0.05, 0.1) is 12.3 Å². The van der Waals surface area contributed by atoms with Crippen LogP contribution in [0.15, 0.2) is 18.2 Å². The van der Waals surface area contributed by atoms with E-state index >= 15 is 0 Å². The van der Waals surface area contributed by atoms with Crippen molar-refractivity contribution < 1.29 is 18.3 Å². The van der Waals surface area contributed by atoms with Gasteiger partial charge in [0.1, 0.15) is 17.7 Å². The molecule has 0 aliphatic carbocycles. The summed E-state index contributed by atoms with van der Waals surface area (Å²) < 4.78 is 31.9. The Bertz CT molecular complexity index is 448. The maximum absolute atomic E-state index is 13.5. The maximum Gasteiger partial charge on any atom is 0.257 e. The molecule has 2 rings (SSSR count). The molecule has 0 aromatic heterocycles. The standard InChI is InChI=1S/C12H14F2N2O2/c1-16(10-6-8(13)2-3-9(10)14)12(17)11-7-15-4-5-18-11/h2-3,6,11,15H,4-5,7H2,1H3. The number of amides is 1. The molecular weight excluding hydrogens is 242 g/mol. The fourth-order valence-corrected chi connectivity index (χ4v) is 1.80. The van der Waals surface area contributed by atoms with Gasteiger partial charge in [-0.1, -0.05) is 0 Å². The van der Waals surface area contributed by atoms with Crippen LogP contribution in [0.4, 0.5) is 14.5 Å². The number of hydrogen-bond acceptors (Lipinski definition) is 3. The van der Waals surface area contributed by atoms with E-state index in [0.717, 1.165) is 23.1 Å². The fourth-order valence-electron chi connectivity index (χ4n) is 1.80. The summed E-state index contributed by atoms with van der Waals surface area (Å²) in [7, 11) is 1.40. The molecule has 1 fully saturated rings. The van der Waals surface area contributed by atoms with E-state index in [1.54, 1.807) is 0 Å². The summed E-state index contributed by atoms with van der Waals surface area (Å²) in [5.74, 6) is -1.63. The van der Waals surface area contributed by atoms with Crippen LogP contribution in [-0.2, 0) is 9.53 Å². The first-order chi connectivity index (χ1) is 8.59. The minimum Gasteiger partial charge on any atom is -0.366 e. The van der Waals surface area contributed by atoms with Gasteiger partial charge in [-0.15, -0.1) is 0 Å². The number of likely N-dealkylation sites (N-methyl/N-ethyl adjacent to an activating group) is 1. The number of rotatable bonds is 2. The maximum atomic E-state index is 13.5. The third-order valence-electron chi connectivity index (χ3n) is 2.80. The second-order valence-electron chi connectivity index (χ2n) is 4.06. The minimum absolute atomic E-state index is 0.0887. The molecule has 1 unspecified atom stereocenters. The van der Waals surface area contributed by atoms with Crippen LogP contribution >= 0.6 is 0 Å². The predicted molar refractivity (Wildman–Crippen MR) is 62.4 cm³/mol. The first kappa shape index (κ1) is 12.9. The van der Waals surface area contributed by atoms with Crippen molar-refractivity contribution in [3.8, 4) is 0 Å². The van der Waals surface area contributed by atoms with Gasteiger partial charge in [0.25, 0.3) is 5.91 Å². The number of benzene rings is 1. The number of morpholine rings is 1. The number of nitrogens with zero attached hydrogens (tertiary/aromatic N) is 1. The van der Waals surface area contributed by atoms with Crippen molar-refractivity contribution in [1.29, 1.82) is 0 Å². The van der Waals surface area contributed by atoms with Crippen molar-refractivity contribution in [2.45, 2.75) is 6.10 Å². The SMILES string of the molecule is CN(C(=O)C1CNCCO1)c1cc(F)ccc1F. The van der Waals surface area contributed by atoms with Crippen molar-refractivity contribution in [2.75, 3.05) is 31.6 Å². The lowest BCUT2D eigenvalue weighted by molar-refractivity contribution is -0.131. The molecule has 0 spiro atoms. The lowest BCUT2D eigenvalue weighted by Gasteiger charge is -2.27. The van der Waals surface area contributed by atoms with Crippen molar-refractivity contribution in [2.24, 2.45) is 0 Å². The molecule has 1 atom stereocenters. The summed E-state index contributed by atoms with van der Waals surface area (Å²) >= 11 is 0. The van der Waals surface area contributed by atoms with Crippen LogP contribution in [0.3, 0.4) is 0 Å². The Morgan fingerprint density at radius 1 is 1.50 bits per heavy atom. The van der Waals surface area contributed by atoms with E-state index in [0.29, 0.717) is 19.7 Å². The highest BCUT2D eigenvalue weighted by molar-refractivity contribution is 5.96. The highest BCUT2D eigenvalue weighted by Gasteiger charge is 2.27. The zero-order valence-corrected chi connectivity index (χ0v) is 9.95. The van der Waals surface area contributed by atoms with E-state index in [1.165, 1.54) is 7.05 Å². The van der Waals surface area contributed by atoms with Crippen LogP contribution in [0.2, 0.25) is 0 Å². The van der Waals surface area contributed by atoms with Gasteiger partial charge in [0.15, 0.2) is 0 Å². The fraction of sp³-hybridized carbons (Fsp3) is 0.417. The van der Waals surface area contributed by atoms with Crippen LogP contribution in [0.1, 0.15) is 0 Å². The molecule has 1 amide bonds. The van der Waals surface area contributed by atoms with Gasteiger partial charge in [0, 0.05) is 26.2 Å². The van der Waals surface area contributed by atoms with Gasteiger partial charge in [-0.25, -0.2) is 8.78 Å². The van der Waals surface area contributed by atoms with E-state index in [2.05, 4.69) is 5.32 Å². The van der Waals surface area contributed by atoms with E-state index in [-0.39, 0.29) is 5.69 Å². The normalized spacial score (nSPS) is 19.6. The Morgan fingerprint density at radius 2 is 2.28 bits per heavy atom. The van der Waals surface area contributed by atoms with Crippen molar-refractivity contribution in [1.82, 2.24) is 5.32 Å². The molecule has 1 saturated heterocycles. The van der Waals surface area contributed by atoms with Crippen LogP contribution in [0, 0.1) is 11.6 Å². The Morgan fingerprint density at radius 3 is 2.94 bits per heavy atom. The lowest BCUT2D eigenvalue weighted by Crippen LogP contribution is -2.48. The first-order valence-corrected chi connectivity index (χ1v) is 5.64. The molecular formula is C12H14F2N2O2. The minimum atomic E-state index is -0.661. The molecule has 1 N–H and O–H groups in total. The zero-order valence-electron chi connectivity index (χ0n) is 9.95. The molecule has 1 aliphatic rings. The largest absolute Gasteiger partial charge is 0.366 e. The van der Waals surface area contributed by atoms with Gasteiger partial charge in [-0.3, -0.25) is 4.79 Å². The second-order valence-corrected chi connectivity index (χ2v) is 4.06. The van der Waals surface area contributed by atoms with Crippen molar-refractivity contribution in [3.63, 3.8) is 0 Å². The van der Waals surface area contributed by atoms with Crippen LogP contribution < -0.4 is 10.2 Å². The molecule has 98 valence electrons. The zero-order chi connectivity index (χ0) is 13.1. The average Bonchev–Trinajstić information content (AvgIpc) is 2.41. The summed E-state index contributed by atoms with van der Waals surface area (Å²) in [6.45, 7) is 1.48. The molecule has 0 saturated carbocycles.